The number of benzene rings is 1. The lowest BCUT2D eigenvalue weighted by Gasteiger charge is -2.37. The molecule has 1 saturated heterocycles. The molecule has 2 heterocycles. The Balaban J connectivity index is 1.67. The van der Waals surface area contributed by atoms with Crippen LogP contribution in [0.1, 0.15) is 44.7 Å². The molecule has 0 spiro atoms. The van der Waals surface area contributed by atoms with Crippen LogP contribution in [0, 0.1) is 6.92 Å². The molecule has 0 aliphatic carbocycles. The lowest BCUT2D eigenvalue weighted by atomic mass is 10.0. The monoisotopic (exact) mass is 330 g/mol. The number of fused-ring (bicyclic) bond motifs is 1. The fraction of sp³-hybridized carbons (Fsp3) is 0.579. The number of carbonyl (C=O) groups is 2. The Morgan fingerprint density at radius 1 is 1.21 bits per heavy atom. The highest BCUT2D eigenvalue weighted by molar-refractivity contribution is 6.02. The van der Waals surface area contributed by atoms with Gasteiger partial charge in [0, 0.05) is 24.8 Å². The molecule has 0 atom stereocenters. The van der Waals surface area contributed by atoms with Crippen LogP contribution < -0.4 is 4.90 Å². The van der Waals surface area contributed by atoms with Crippen LogP contribution in [0.15, 0.2) is 18.2 Å². The second-order valence-electron chi connectivity index (χ2n) is 7.77. The van der Waals surface area contributed by atoms with Gasteiger partial charge in [0.2, 0.25) is 5.91 Å². The molecule has 2 amide bonds. The van der Waals surface area contributed by atoms with Crippen molar-refractivity contribution in [2.45, 2.75) is 58.6 Å². The standard InChI is InChI=1S/C19H26N2O3/c1-13-5-6-14-12-17(22)21(16(14)11-13)15-7-9-20(10-8-15)18(23)24-19(2,3)4/h5-6,11,15H,7-10,12H2,1-4H3. The third kappa shape index (κ3) is 3.40. The van der Waals surface area contributed by atoms with Gasteiger partial charge in [-0.05, 0) is 57.7 Å². The van der Waals surface area contributed by atoms with Gasteiger partial charge in [0.25, 0.3) is 0 Å². The van der Waals surface area contributed by atoms with Crippen LogP contribution in [-0.4, -0.2) is 41.6 Å². The third-order valence-corrected chi connectivity index (χ3v) is 4.59. The predicted molar refractivity (Wildman–Crippen MR) is 93.2 cm³/mol. The summed E-state index contributed by atoms with van der Waals surface area (Å²) >= 11 is 0. The van der Waals surface area contributed by atoms with E-state index < -0.39 is 5.60 Å². The molecule has 3 rings (SSSR count). The highest BCUT2D eigenvalue weighted by Crippen LogP contribution is 2.34. The third-order valence-electron chi connectivity index (χ3n) is 4.59. The Morgan fingerprint density at radius 2 is 1.88 bits per heavy atom. The molecule has 0 aromatic heterocycles. The molecule has 5 nitrogen and oxygen atoms in total. The topological polar surface area (TPSA) is 49.9 Å². The number of aryl methyl sites for hydroxylation is 1. The minimum absolute atomic E-state index is 0.166. The van der Waals surface area contributed by atoms with E-state index in [9.17, 15) is 9.59 Å². The molecule has 5 heteroatoms. The lowest BCUT2D eigenvalue weighted by molar-refractivity contribution is -0.118. The summed E-state index contributed by atoms with van der Waals surface area (Å²) in [5, 5.41) is 0. The molecular weight excluding hydrogens is 304 g/mol. The fourth-order valence-corrected chi connectivity index (χ4v) is 3.46. The zero-order chi connectivity index (χ0) is 17.5. The normalized spacial score (nSPS) is 18.8. The predicted octanol–water partition coefficient (Wildman–Crippen LogP) is 3.28. The van der Waals surface area contributed by atoms with E-state index in [-0.39, 0.29) is 18.0 Å². The highest BCUT2D eigenvalue weighted by Gasteiger charge is 2.36. The molecule has 1 aromatic carbocycles. The molecule has 1 aromatic rings. The van der Waals surface area contributed by atoms with Crippen molar-refractivity contribution in [3.8, 4) is 0 Å². The summed E-state index contributed by atoms with van der Waals surface area (Å²) in [6.07, 6.45) is 1.81. The second kappa shape index (κ2) is 6.11. The van der Waals surface area contributed by atoms with Gasteiger partial charge in [-0.3, -0.25) is 4.79 Å². The smallest absolute Gasteiger partial charge is 0.410 e. The maximum Gasteiger partial charge on any atom is 0.410 e. The number of nitrogens with zero attached hydrogens (tertiary/aromatic N) is 2. The van der Waals surface area contributed by atoms with Crippen LogP contribution in [0.2, 0.25) is 0 Å². The van der Waals surface area contributed by atoms with Crippen molar-refractivity contribution in [2.75, 3.05) is 18.0 Å². The summed E-state index contributed by atoms with van der Waals surface area (Å²) in [6, 6.07) is 6.37. The Bertz CT molecular complexity index is 655. The SMILES string of the molecule is Cc1ccc2c(c1)N(C1CCN(C(=O)OC(C)(C)C)CC1)C(=O)C2. The summed E-state index contributed by atoms with van der Waals surface area (Å²) in [4.78, 5) is 28.3. The van der Waals surface area contributed by atoms with Gasteiger partial charge in [0.1, 0.15) is 5.60 Å². The van der Waals surface area contributed by atoms with Gasteiger partial charge in [0.15, 0.2) is 0 Å². The van der Waals surface area contributed by atoms with Crippen molar-refractivity contribution in [1.82, 2.24) is 4.90 Å². The highest BCUT2D eigenvalue weighted by atomic mass is 16.6. The van der Waals surface area contributed by atoms with Crippen LogP contribution in [0.4, 0.5) is 10.5 Å². The number of hydrogen-bond donors (Lipinski definition) is 0. The van der Waals surface area contributed by atoms with Gasteiger partial charge < -0.3 is 14.5 Å². The van der Waals surface area contributed by atoms with E-state index >= 15 is 0 Å². The van der Waals surface area contributed by atoms with Gasteiger partial charge in [-0.15, -0.1) is 0 Å². The summed E-state index contributed by atoms with van der Waals surface area (Å²) in [5.74, 6) is 0.173. The Hall–Kier alpha value is -2.04. The van der Waals surface area contributed by atoms with E-state index in [4.69, 9.17) is 4.74 Å². The zero-order valence-electron chi connectivity index (χ0n) is 15.0. The molecule has 2 aliphatic heterocycles. The van der Waals surface area contributed by atoms with Crippen molar-refractivity contribution < 1.29 is 14.3 Å². The Kier molecular flexibility index (Phi) is 4.28. The zero-order valence-corrected chi connectivity index (χ0v) is 15.0. The number of hydrogen-bond acceptors (Lipinski definition) is 3. The minimum atomic E-state index is -0.477. The number of carbonyl (C=O) groups excluding carboxylic acids is 2. The summed E-state index contributed by atoms with van der Waals surface area (Å²) < 4.78 is 5.44. The van der Waals surface area contributed by atoms with Crippen molar-refractivity contribution in [2.24, 2.45) is 0 Å². The number of ether oxygens (including phenoxy) is 1. The first-order chi connectivity index (χ1) is 11.2. The molecule has 0 bridgehead atoms. The molecule has 0 saturated carbocycles. The molecule has 24 heavy (non-hydrogen) atoms. The average Bonchev–Trinajstić information content (AvgIpc) is 2.81. The van der Waals surface area contributed by atoms with Gasteiger partial charge in [-0.2, -0.15) is 0 Å². The average molecular weight is 330 g/mol. The summed E-state index contributed by atoms with van der Waals surface area (Å²) in [6.45, 7) is 8.93. The number of anilines is 1. The molecule has 130 valence electrons. The molecule has 0 unspecified atom stereocenters. The number of rotatable bonds is 1. The lowest BCUT2D eigenvalue weighted by Crippen LogP contribution is -2.49. The molecule has 0 radical (unpaired) electrons. The quantitative estimate of drug-likeness (QED) is 0.794. The van der Waals surface area contributed by atoms with Crippen molar-refractivity contribution in [1.29, 1.82) is 0 Å². The number of amides is 2. The second-order valence-corrected chi connectivity index (χ2v) is 7.77. The van der Waals surface area contributed by atoms with Crippen molar-refractivity contribution in [3.63, 3.8) is 0 Å². The molecule has 0 N–H and O–H groups in total. The molecule has 1 fully saturated rings. The Morgan fingerprint density at radius 3 is 2.50 bits per heavy atom. The maximum atomic E-state index is 12.5. The first-order valence-electron chi connectivity index (χ1n) is 8.64. The van der Waals surface area contributed by atoms with E-state index in [1.807, 2.05) is 32.6 Å². The fourth-order valence-electron chi connectivity index (χ4n) is 3.46. The maximum absolute atomic E-state index is 12.5. The van der Waals surface area contributed by atoms with E-state index in [1.54, 1.807) is 4.90 Å². The number of likely N-dealkylation sites (tertiary alicyclic amines) is 1. The van der Waals surface area contributed by atoms with E-state index in [0.29, 0.717) is 19.5 Å². The first kappa shape index (κ1) is 16.8. The minimum Gasteiger partial charge on any atom is -0.444 e. The van der Waals surface area contributed by atoms with Crippen LogP contribution >= 0.6 is 0 Å². The number of piperidine rings is 1. The summed E-state index contributed by atoms with van der Waals surface area (Å²) in [5.41, 5.74) is 2.85. The Labute approximate surface area is 143 Å². The summed E-state index contributed by atoms with van der Waals surface area (Å²) in [7, 11) is 0. The van der Waals surface area contributed by atoms with Gasteiger partial charge in [-0.25, -0.2) is 4.79 Å². The van der Waals surface area contributed by atoms with Gasteiger partial charge in [-0.1, -0.05) is 12.1 Å². The van der Waals surface area contributed by atoms with Crippen LogP contribution in [0.25, 0.3) is 0 Å². The van der Waals surface area contributed by atoms with E-state index in [2.05, 4.69) is 18.2 Å². The van der Waals surface area contributed by atoms with Gasteiger partial charge >= 0.3 is 6.09 Å². The van der Waals surface area contributed by atoms with Crippen molar-refractivity contribution in [3.05, 3.63) is 29.3 Å². The van der Waals surface area contributed by atoms with E-state index in [1.165, 1.54) is 5.56 Å². The largest absolute Gasteiger partial charge is 0.444 e. The van der Waals surface area contributed by atoms with Crippen LogP contribution in [0.3, 0.4) is 0 Å². The van der Waals surface area contributed by atoms with Gasteiger partial charge in [0.05, 0.1) is 6.42 Å². The molecule has 2 aliphatic rings. The van der Waals surface area contributed by atoms with E-state index in [0.717, 1.165) is 24.1 Å². The van der Waals surface area contributed by atoms with Crippen LogP contribution in [0.5, 0.6) is 0 Å². The molecular formula is C19H26N2O3. The van der Waals surface area contributed by atoms with Crippen molar-refractivity contribution >= 4 is 17.7 Å². The van der Waals surface area contributed by atoms with Crippen LogP contribution in [-0.2, 0) is 16.0 Å². The first-order valence-corrected chi connectivity index (χ1v) is 8.64.